The van der Waals surface area contributed by atoms with Crippen LogP contribution in [0.1, 0.15) is 58.2 Å². The molecule has 1 unspecified atom stereocenters. The van der Waals surface area contributed by atoms with E-state index >= 15 is 0 Å². The zero-order chi connectivity index (χ0) is 12.3. The molecule has 1 atom stereocenters. The zero-order valence-electron chi connectivity index (χ0n) is 11.4. The van der Waals surface area contributed by atoms with E-state index in [-0.39, 0.29) is 0 Å². The van der Waals surface area contributed by atoms with Crippen LogP contribution in [0.25, 0.3) is 0 Å². The molecule has 1 heterocycles. The van der Waals surface area contributed by atoms with Crippen molar-refractivity contribution in [3.8, 4) is 0 Å². The first-order valence-electron chi connectivity index (χ1n) is 6.96. The van der Waals surface area contributed by atoms with Crippen molar-refractivity contribution in [3.05, 3.63) is 18.0 Å². The molecule has 2 rings (SSSR count). The molecule has 0 spiro atoms. The van der Waals surface area contributed by atoms with Crippen LogP contribution in [0, 0.1) is 5.41 Å². The van der Waals surface area contributed by atoms with Crippen molar-refractivity contribution in [1.82, 2.24) is 15.1 Å². The van der Waals surface area contributed by atoms with Crippen molar-refractivity contribution in [2.75, 3.05) is 6.54 Å². The summed E-state index contributed by atoms with van der Waals surface area (Å²) in [7, 11) is 0. The molecular weight excluding hydrogens is 210 g/mol. The lowest BCUT2D eigenvalue weighted by molar-refractivity contribution is 0.342. The molecule has 1 aromatic heterocycles. The highest BCUT2D eigenvalue weighted by Crippen LogP contribution is 2.54. The lowest BCUT2D eigenvalue weighted by atomic mass is 9.95. The molecule has 0 amide bonds. The van der Waals surface area contributed by atoms with Crippen molar-refractivity contribution >= 4 is 0 Å². The predicted molar refractivity (Wildman–Crippen MR) is 70.9 cm³/mol. The van der Waals surface area contributed by atoms with Gasteiger partial charge in [0.2, 0.25) is 0 Å². The number of rotatable bonds is 7. The van der Waals surface area contributed by atoms with E-state index < -0.39 is 0 Å². The largest absolute Gasteiger partial charge is 0.308 e. The molecule has 1 aliphatic carbocycles. The van der Waals surface area contributed by atoms with Crippen molar-refractivity contribution in [3.63, 3.8) is 0 Å². The summed E-state index contributed by atoms with van der Waals surface area (Å²) in [5, 5.41) is 8.17. The molecule has 3 heteroatoms. The first-order valence-corrected chi connectivity index (χ1v) is 6.96. The molecule has 0 saturated heterocycles. The van der Waals surface area contributed by atoms with Crippen molar-refractivity contribution in [1.29, 1.82) is 0 Å². The first kappa shape index (κ1) is 12.6. The second kappa shape index (κ2) is 5.21. The summed E-state index contributed by atoms with van der Waals surface area (Å²) in [6.45, 7) is 8.95. The standard InChI is InChI=1S/C14H25N3/c1-4-9-15-13(14(3)7-8-14)12-6-10-16-17(12)11-5-2/h6,10,13,15H,4-5,7-9,11H2,1-3H3. The van der Waals surface area contributed by atoms with E-state index in [9.17, 15) is 0 Å². The highest BCUT2D eigenvalue weighted by Gasteiger charge is 2.46. The monoisotopic (exact) mass is 235 g/mol. The number of nitrogens with zero attached hydrogens (tertiary/aromatic N) is 2. The Kier molecular flexibility index (Phi) is 3.87. The van der Waals surface area contributed by atoms with Gasteiger partial charge in [-0.2, -0.15) is 5.10 Å². The third-order valence-corrected chi connectivity index (χ3v) is 3.81. The van der Waals surface area contributed by atoms with Gasteiger partial charge in [0.25, 0.3) is 0 Å². The maximum Gasteiger partial charge on any atom is 0.0559 e. The molecule has 3 nitrogen and oxygen atoms in total. The molecule has 1 aliphatic rings. The molecule has 1 aromatic rings. The van der Waals surface area contributed by atoms with Gasteiger partial charge in [-0.3, -0.25) is 4.68 Å². The average Bonchev–Trinajstić information content (AvgIpc) is 2.89. The number of hydrogen-bond donors (Lipinski definition) is 1. The van der Waals surface area contributed by atoms with Gasteiger partial charge >= 0.3 is 0 Å². The lowest BCUT2D eigenvalue weighted by Crippen LogP contribution is -2.31. The van der Waals surface area contributed by atoms with E-state index in [1.807, 2.05) is 6.20 Å². The Morgan fingerprint density at radius 2 is 2.18 bits per heavy atom. The molecule has 1 fully saturated rings. The summed E-state index contributed by atoms with van der Waals surface area (Å²) in [4.78, 5) is 0. The van der Waals surface area contributed by atoms with Gasteiger partial charge < -0.3 is 5.32 Å². The molecule has 96 valence electrons. The summed E-state index contributed by atoms with van der Waals surface area (Å²) < 4.78 is 2.18. The molecule has 0 radical (unpaired) electrons. The quantitative estimate of drug-likeness (QED) is 0.787. The second-order valence-electron chi connectivity index (χ2n) is 5.52. The van der Waals surface area contributed by atoms with Crippen LogP contribution in [-0.4, -0.2) is 16.3 Å². The molecule has 0 aromatic carbocycles. The second-order valence-corrected chi connectivity index (χ2v) is 5.52. The Morgan fingerprint density at radius 3 is 2.76 bits per heavy atom. The number of hydrogen-bond acceptors (Lipinski definition) is 2. The lowest BCUT2D eigenvalue weighted by Gasteiger charge is -2.25. The van der Waals surface area contributed by atoms with Crippen molar-refractivity contribution in [2.24, 2.45) is 5.41 Å². The Bertz CT molecular complexity index is 352. The van der Waals surface area contributed by atoms with E-state index in [1.165, 1.54) is 25.0 Å². The van der Waals surface area contributed by atoms with Crippen LogP contribution in [0.4, 0.5) is 0 Å². The van der Waals surface area contributed by atoms with Gasteiger partial charge in [0.15, 0.2) is 0 Å². The Hall–Kier alpha value is -0.830. The van der Waals surface area contributed by atoms with E-state index in [2.05, 4.69) is 41.9 Å². The van der Waals surface area contributed by atoms with Crippen LogP contribution >= 0.6 is 0 Å². The topological polar surface area (TPSA) is 29.9 Å². The predicted octanol–water partition coefficient (Wildman–Crippen LogP) is 3.13. The van der Waals surface area contributed by atoms with Gasteiger partial charge in [0.1, 0.15) is 0 Å². The normalized spacial score (nSPS) is 19.2. The Balaban J connectivity index is 2.16. The number of aryl methyl sites for hydroxylation is 1. The summed E-state index contributed by atoms with van der Waals surface area (Å²) >= 11 is 0. The van der Waals surface area contributed by atoms with E-state index in [0.29, 0.717) is 11.5 Å². The van der Waals surface area contributed by atoms with Gasteiger partial charge in [-0.1, -0.05) is 20.8 Å². The third kappa shape index (κ3) is 2.71. The van der Waals surface area contributed by atoms with E-state index in [1.54, 1.807) is 0 Å². The number of aromatic nitrogens is 2. The van der Waals surface area contributed by atoms with Gasteiger partial charge in [0, 0.05) is 12.7 Å². The van der Waals surface area contributed by atoms with Crippen LogP contribution in [0.2, 0.25) is 0 Å². The fraction of sp³-hybridized carbons (Fsp3) is 0.786. The van der Waals surface area contributed by atoms with Gasteiger partial charge in [-0.15, -0.1) is 0 Å². The molecule has 17 heavy (non-hydrogen) atoms. The number of nitrogens with one attached hydrogen (secondary N) is 1. The smallest absolute Gasteiger partial charge is 0.0559 e. The van der Waals surface area contributed by atoms with E-state index in [0.717, 1.165) is 19.5 Å². The Morgan fingerprint density at radius 1 is 1.41 bits per heavy atom. The average molecular weight is 235 g/mol. The molecule has 0 aliphatic heterocycles. The highest BCUT2D eigenvalue weighted by molar-refractivity contribution is 5.15. The fourth-order valence-corrected chi connectivity index (χ4v) is 2.47. The first-order chi connectivity index (χ1) is 8.21. The summed E-state index contributed by atoms with van der Waals surface area (Å²) in [6.07, 6.45) is 6.95. The minimum absolute atomic E-state index is 0.459. The molecule has 1 N–H and O–H groups in total. The zero-order valence-corrected chi connectivity index (χ0v) is 11.4. The summed E-state index contributed by atoms with van der Waals surface area (Å²) in [6, 6.07) is 2.67. The third-order valence-electron chi connectivity index (χ3n) is 3.81. The van der Waals surface area contributed by atoms with Crippen LogP contribution in [0.5, 0.6) is 0 Å². The summed E-state index contributed by atoms with van der Waals surface area (Å²) in [5.41, 5.74) is 1.83. The van der Waals surface area contributed by atoms with Gasteiger partial charge in [0.05, 0.1) is 11.7 Å². The molecular formula is C14H25N3. The highest BCUT2D eigenvalue weighted by atomic mass is 15.3. The SMILES string of the molecule is CCCNC(c1ccnn1CCC)C1(C)CC1. The van der Waals surface area contributed by atoms with Gasteiger partial charge in [-0.05, 0) is 43.7 Å². The minimum atomic E-state index is 0.459. The molecule has 1 saturated carbocycles. The van der Waals surface area contributed by atoms with Crippen LogP contribution in [-0.2, 0) is 6.54 Å². The maximum atomic E-state index is 4.45. The van der Waals surface area contributed by atoms with Crippen molar-refractivity contribution in [2.45, 2.75) is 59.0 Å². The van der Waals surface area contributed by atoms with Crippen molar-refractivity contribution < 1.29 is 0 Å². The minimum Gasteiger partial charge on any atom is -0.308 e. The van der Waals surface area contributed by atoms with Crippen LogP contribution in [0.15, 0.2) is 12.3 Å². The summed E-state index contributed by atoms with van der Waals surface area (Å²) in [5.74, 6) is 0. The fourth-order valence-electron chi connectivity index (χ4n) is 2.47. The maximum absolute atomic E-state index is 4.45. The van der Waals surface area contributed by atoms with E-state index in [4.69, 9.17) is 0 Å². The van der Waals surface area contributed by atoms with Crippen LogP contribution in [0.3, 0.4) is 0 Å². The molecule has 0 bridgehead atoms. The van der Waals surface area contributed by atoms with Gasteiger partial charge in [-0.25, -0.2) is 0 Å². The Labute approximate surface area is 105 Å². The van der Waals surface area contributed by atoms with Crippen LogP contribution < -0.4 is 5.32 Å².